The number of halogens is 1. The number of hydrogen-bond donors (Lipinski definition) is 1. The number of carbonyl (C=O) groups is 1. The Morgan fingerprint density at radius 3 is 3.06 bits per heavy atom. The minimum absolute atomic E-state index is 0.0412. The smallest absolute Gasteiger partial charge is 0.227 e. The highest BCUT2D eigenvalue weighted by Gasteiger charge is 2.10. The minimum Gasteiger partial charge on any atom is -0.353 e. The fraction of sp³-hybridized carbons (Fsp3) is 0.667. The van der Waals surface area contributed by atoms with Crippen LogP contribution in [-0.4, -0.2) is 28.4 Å². The fourth-order valence-electron chi connectivity index (χ4n) is 1.43. The zero-order valence-electron chi connectivity index (χ0n) is 10.7. The third kappa shape index (κ3) is 6.07. The second-order valence-corrected chi connectivity index (χ2v) is 6.60. The van der Waals surface area contributed by atoms with Crippen molar-refractivity contribution in [2.45, 2.75) is 38.6 Å². The molecule has 102 valence electrons. The minimum atomic E-state index is 0.0412. The molecule has 1 atom stereocenters. The van der Waals surface area contributed by atoms with Gasteiger partial charge in [-0.05, 0) is 24.9 Å². The van der Waals surface area contributed by atoms with Gasteiger partial charge in [-0.1, -0.05) is 6.92 Å². The van der Waals surface area contributed by atoms with Crippen LogP contribution in [0.2, 0.25) is 0 Å². The van der Waals surface area contributed by atoms with Gasteiger partial charge in [0.25, 0.3) is 0 Å². The first-order chi connectivity index (χ1) is 8.65. The van der Waals surface area contributed by atoms with Crippen LogP contribution in [0.3, 0.4) is 0 Å². The van der Waals surface area contributed by atoms with Gasteiger partial charge in [-0.15, -0.1) is 22.9 Å². The molecule has 6 heteroatoms. The lowest BCUT2D eigenvalue weighted by molar-refractivity contribution is -0.121. The van der Waals surface area contributed by atoms with E-state index in [1.54, 1.807) is 0 Å². The third-order valence-electron chi connectivity index (χ3n) is 2.35. The van der Waals surface area contributed by atoms with E-state index in [2.05, 4.69) is 17.2 Å². The number of thioether (sulfide) groups is 1. The monoisotopic (exact) mass is 306 g/mol. The number of hydrogen-bond acceptors (Lipinski definition) is 4. The lowest BCUT2D eigenvalue weighted by atomic mass is 10.2. The van der Waals surface area contributed by atoms with E-state index in [9.17, 15) is 4.79 Å². The lowest BCUT2D eigenvalue weighted by Crippen LogP contribution is -2.34. The Morgan fingerprint density at radius 2 is 2.44 bits per heavy atom. The average molecular weight is 307 g/mol. The normalized spacial score (nSPS) is 12.4. The van der Waals surface area contributed by atoms with Crippen LogP contribution >= 0.6 is 34.7 Å². The van der Waals surface area contributed by atoms with Gasteiger partial charge in [-0.2, -0.15) is 11.8 Å². The summed E-state index contributed by atoms with van der Waals surface area (Å²) in [7, 11) is 0. The van der Waals surface area contributed by atoms with Crippen molar-refractivity contribution in [3.05, 3.63) is 16.1 Å². The molecule has 1 heterocycles. The van der Waals surface area contributed by atoms with Crippen LogP contribution in [0, 0.1) is 0 Å². The van der Waals surface area contributed by atoms with Gasteiger partial charge in [0.05, 0.1) is 18.0 Å². The molecular weight excluding hydrogens is 288 g/mol. The van der Waals surface area contributed by atoms with Crippen molar-refractivity contribution in [2.24, 2.45) is 0 Å². The van der Waals surface area contributed by atoms with Crippen molar-refractivity contribution >= 4 is 40.6 Å². The van der Waals surface area contributed by atoms with E-state index >= 15 is 0 Å². The number of rotatable bonds is 8. The summed E-state index contributed by atoms with van der Waals surface area (Å²) in [6.07, 6.45) is 1.36. The first kappa shape index (κ1) is 15.8. The Balaban J connectivity index is 2.28. The molecule has 1 aromatic rings. The van der Waals surface area contributed by atoms with Crippen molar-refractivity contribution in [1.29, 1.82) is 0 Å². The van der Waals surface area contributed by atoms with Crippen LogP contribution in [0.1, 0.15) is 31.0 Å². The summed E-state index contributed by atoms with van der Waals surface area (Å²) >= 11 is 9.06. The Labute approximate surface area is 122 Å². The highest BCUT2D eigenvalue weighted by molar-refractivity contribution is 7.99. The molecule has 0 spiro atoms. The molecule has 0 fully saturated rings. The molecule has 1 unspecified atom stereocenters. The molecule has 1 N–H and O–H groups in total. The molecule has 0 aliphatic rings. The molecule has 3 nitrogen and oxygen atoms in total. The molecule has 0 saturated carbocycles. The predicted octanol–water partition coefficient (Wildman–Crippen LogP) is 3.07. The molecular formula is C12H19ClN2OS2. The van der Waals surface area contributed by atoms with Crippen molar-refractivity contribution < 1.29 is 4.79 Å². The summed E-state index contributed by atoms with van der Waals surface area (Å²) in [5.41, 5.74) is 0.844. The largest absolute Gasteiger partial charge is 0.353 e. The van der Waals surface area contributed by atoms with Gasteiger partial charge in [-0.3, -0.25) is 4.79 Å². The number of thiazole rings is 1. The van der Waals surface area contributed by atoms with Crippen molar-refractivity contribution in [3.63, 3.8) is 0 Å². The van der Waals surface area contributed by atoms with E-state index in [0.29, 0.717) is 12.3 Å². The topological polar surface area (TPSA) is 42.0 Å². The third-order valence-corrected chi connectivity index (χ3v) is 4.46. The van der Waals surface area contributed by atoms with Gasteiger partial charge in [0.2, 0.25) is 5.91 Å². The second kappa shape index (κ2) is 8.77. The Bertz CT molecular complexity index is 371. The van der Waals surface area contributed by atoms with E-state index in [-0.39, 0.29) is 11.9 Å². The Morgan fingerprint density at radius 1 is 1.67 bits per heavy atom. The number of nitrogens with zero attached hydrogens (tertiary/aromatic N) is 1. The molecule has 0 bridgehead atoms. The fourth-order valence-corrected chi connectivity index (χ4v) is 3.26. The first-order valence-corrected chi connectivity index (χ1v) is 8.59. The molecule has 0 aromatic carbocycles. The maximum absolute atomic E-state index is 11.8. The highest BCUT2D eigenvalue weighted by atomic mass is 35.5. The summed E-state index contributed by atoms with van der Waals surface area (Å²) in [6, 6.07) is 0.226. The molecule has 0 aliphatic heterocycles. The maximum atomic E-state index is 11.8. The number of nitrogens with one attached hydrogen (secondary N) is 1. The number of alkyl halides is 1. The number of carbonyl (C=O) groups excluding carboxylic acids is 1. The molecule has 1 rings (SSSR count). The van der Waals surface area contributed by atoms with Crippen LogP contribution in [0.25, 0.3) is 0 Å². The lowest BCUT2D eigenvalue weighted by Gasteiger charge is -2.12. The van der Waals surface area contributed by atoms with Crippen LogP contribution in [0.5, 0.6) is 0 Å². The predicted molar refractivity (Wildman–Crippen MR) is 80.6 cm³/mol. The van der Waals surface area contributed by atoms with Gasteiger partial charge in [0.15, 0.2) is 0 Å². The van der Waals surface area contributed by atoms with Crippen LogP contribution in [-0.2, 0) is 17.1 Å². The highest BCUT2D eigenvalue weighted by Crippen LogP contribution is 2.12. The van der Waals surface area contributed by atoms with E-state index in [1.165, 1.54) is 11.3 Å². The standard InChI is InChI=1S/C12H19ClN2OS2/c1-3-17-5-4-9(2)14-11(16)6-12-15-10(7-13)8-18-12/h8-9H,3-7H2,1-2H3,(H,14,16). The van der Waals surface area contributed by atoms with E-state index in [0.717, 1.165) is 28.6 Å². The van der Waals surface area contributed by atoms with Crippen LogP contribution in [0.4, 0.5) is 0 Å². The summed E-state index contributed by atoms with van der Waals surface area (Å²) in [4.78, 5) is 16.0. The molecule has 1 aromatic heterocycles. The molecule has 18 heavy (non-hydrogen) atoms. The SMILES string of the molecule is CCSCCC(C)NC(=O)Cc1nc(CCl)cs1. The van der Waals surface area contributed by atoms with Gasteiger partial charge in [-0.25, -0.2) is 4.98 Å². The first-order valence-electron chi connectivity index (χ1n) is 6.02. The number of amides is 1. The summed E-state index contributed by atoms with van der Waals surface area (Å²) < 4.78 is 0. The van der Waals surface area contributed by atoms with Crippen molar-refractivity contribution in [2.75, 3.05) is 11.5 Å². The zero-order valence-corrected chi connectivity index (χ0v) is 13.1. The van der Waals surface area contributed by atoms with E-state index in [1.807, 2.05) is 24.1 Å². The molecule has 0 aliphatic carbocycles. The molecule has 0 saturated heterocycles. The maximum Gasteiger partial charge on any atom is 0.227 e. The average Bonchev–Trinajstić information content (AvgIpc) is 2.76. The van der Waals surface area contributed by atoms with Gasteiger partial charge in [0, 0.05) is 11.4 Å². The van der Waals surface area contributed by atoms with Crippen LogP contribution < -0.4 is 5.32 Å². The van der Waals surface area contributed by atoms with Gasteiger partial charge in [0.1, 0.15) is 5.01 Å². The van der Waals surface area contributed by atoms with E-state index in [4.69, 9.17) is 11.6 Å². The van der Waals surface area contributed by atoms with Crippen molar-refractivity contribution in [3.8, 4) is 0 Å². The van der Waals surface area contributed by atoms with Crippen LogP contribution in [0.15, 0.2) is 5.38 Å². The van der Waals surface area contributed by atoms with Crippen molar-refractivity contribution in [1.82, 2.24) is 10.3 Å². The summed E-state index contributed by atoms with van der Waals surface area (Å²) in [5, 5.41) is 5.73. The van der Waals surface area contributed by atoms with Gasteiger partial charge >= 0.3 is 0 Å². The Hall–Kier alpha value is -0.260. The summed E-state index contributed by atoms with van der Waals surface area (Å²) in [6.45, 7) is 4.19. The van der Waals surface area contributed by atoms with Gasteiger partial charge < -0.3 is 5.32 Å². The Kier molecular flexibility index (Phi) is 7.70. The molecule has 1 amide bonds. The zero-order chi connectivity index (χ0) is 13.4. The quantitative estimate of drug-likeness (QED) is 0.593. The number of aromatic nitrogens is 1. The summed E-state index contributed by atoms with van der Waals surface area (Å²) in [5.74, 6) is 2.66. The second-order valence-electron chi connectivity index (χ2n) is 4.00. The van der Waals surface area contributed by atoms with E-state index < -0.39 is 0 Å². The molecule has 0 radical (unpaired) electrons.